The van der Waals surface area contributed by atoms with Crippen molar-refractivity contribution in [2.75, 3.05) is 7.11 Å². The van der Waals surface area contributed by atoms with Crippen molar-refractivity contribution >= 4 is 29.5 Å². The van der Waals surface area contributed by atoms with Crippen LogP contribution in [-0.2, 0) is 65.3 Å². The smallest absolute Gasteiger partial charge is 0.341 e. The molecule has 1 atom stereocenters. The lowest BCUT2D eigenvalue weighted by molar-refractivity contribution is -0.670. The molecule has 354 valence electrons. The first-order chi connectivity index (χ1) is 30.7. The molecular formula is C37H45ClF4N18O6. The number of hydrogen-bond donors (Lipinski definition) is 3. The first-order valence-corrected chi connectivity index (χ1v) is 17.9. The fraction of sp³-hybridized carbons (Fsp3) is 0.297. The molecule has 0 unspecified atom stereocenters. The van der Waals surface area contributed by atoms with E-state index < -0.39 is 52.6 Å². The summed E-state index contributed by atoms with van der Waals surface area (Å²) in [7, 11) is 13.8. The van der Waals surface area contributed by atoms with Crippen LogP contribution in [0.25, 0.3) is 9.69 Å². The van der Waals surface area contributed by atoms with Gasteiger partial charge in [-0.25, -0.2) is 47.1 Å². The number of tetrazole rings is 1. The minimum absolute atomic E-state index is 0. The molecule has 7 rings (SSSR count). The lowest BCUT2D eigenvalue weighted by Gasteiger charge is -2.11. The van der Waals surface area contributed by atoms with Crippen molar-refractivity contribution in [3.8, 4) is 5.75 Å². The topological polar surface area (TPSA) is 258 Å². The second-order valence-electron chi connectivity index (χ2n) is 12.5. The number of aryl methyl sites for hydroxylation is 7. The Morgan fingerprint density at radius 2 is 1.50 bits per heavy atom. The molecule has 66 heavy (non-hydrogen) atoms. The van der Waals surface area contributed by atoms with Gasteiger partial charge >= 0.3 is 11.9 Å². The number of nitrogens with zero attached hydrogens (tertiary/aromatic N) is 17. The summed E-state index contributed by atoms with van der Waals surface area (Å²) in [5, 5.41) is 33.4. The lowest BCUT2D eigenvalue weighted by atomic mass is 10.1. The standard InChI is InChI=1S/C9H13N3O3.C8H4F4O3.C6H4N4.C5H9N2.C4H6N2.C3H5N3.C2H4N4.ClH/c1-6(13)11-8(9(14)15)3-7-4-12(2)5-10-7;1-15-7-5(11)3(9)2(8(13)14)4(10)6(7)12;1-7-5-6(8-2)10(3)4-9-5;1-6-3-4-7(2)5-6;1-6-3-2-5-4-6;1-6-3-4-2-5-6;1-6-2-3-4-5-6;/h4-5,8H,3H2,1-2H3,(H,11,13)(H,14,15);1H3,(H,13,14);4H,3H3;3-5H,1-2H3;2-4H,1H3;2-3H,1H3;2H,1H3;1H/q;;;+1;;;;/p-1/t8-;;;;;;;/m0......./s1. The van der Waals surface area contributed by atoms with Gasteiger partial charge in [0, 0.05) is 60.1 Å². The number of benzene rings is 1. The zero-order chi connectivity index (χ0) is 49.2. The van der Waals surface area contributed by atoms with E-state index in [1.807, 2.05) is 66.8 Å². The van der Waals surface area contributed by atoms with E-state index in [0.29, 0.717) is 11.5 Å². The number of aliphatic carboxylic acids is 1. The van der Waals surface area contributed by atoms with Crippen LogP contribution < -0.4 is 27.0 Å². The Bertz CT molecular complexity index is 2480. The van der Waals surface area contributed by atoms with Crippen molar-refractivity contribution in [1.82, 2.24) is 73.5 Å². The highest BCUT2D eigenvalue weighted by atomic mass is 35.5. The quantitative estimate of drug-likeness (QED) is 0.0809. The van der Waals surface area contributed by atoms with E-state index >= 15 is 0 Å². The minimum Gasteiger partial charge on any atom is -1.00 e. The average molecular weight is 949 g/mol. The van der Waals surface area contributed by atoms with Gasteiger partial charge in [-0.05, 0) is 10.4 Å². The van der Waals surface area contributed by atoms with Crippen LogP contribution in [0, 0.1) is 36.4 Å². The number of amides is 1. The van der Waals surface area contributed by atoms with E-state index in [9.17, 15) is 31.9 Å². The molecule has 0 radical (unpaired) electrons. The van der Waals surface area contributed by atoms with Crippen LogP contribution in [0.2, 0.25) is 0 Å². The van der Waals surface area contributed by atoms with Gasteiger partial charge in [0.15, 0.2) is 17.4 Å². The van der Waals surface area contributed by atoms with E-state index in [0.717, 1.165) is 7.11 Å². The molecule has 0 spiro atoms. The number of ether oxygens (including phenoxy) is 1. The third-order valence-corrected chi connectivity index (χ3v) is 7.11. The second kappa shape index (κ2) is 29.7. The summed E-state index contributed by atoms with van der Waals surface area (Å²) in [6.45, 7) is 14.6. The highest BCUT2D eigenvalue weighted by Crippen LogP contribution is 2.29. The molecular weight excluding hydrogens is 904 g/mol. The summed E-state index contributed by atoms with van der Waals surface area (Å²) < 4.78 is 67.9. The molecule has 29 heteroatoms. The first-order valence-electron chi connectivity index (χ1n) is 17.9. The van der Waals surface area contributed by atoms with Crippen LogP contribution in [-0.4, -0.2) is 109 Å². The van der Waals surface area contributed by atoms with Gasteiger partial charge in [0.2, 0.25) is 23.9 Å². The predicted octanol–water partition coefficient (Wildman–Crippen LogP) is -0.678. The number of hydrogen-bond acceptors (Lipinski definition) is 12. The molecule has 0 bridgehead atoms. The SMILES string of the molecule is CC(=O)N[C@@H](Cc1cn(C)cn1)C(=O)O.COc1c(F)c(F)c(C(=O)O)c(F)c1F.Cn1cc[n+](C)c1.Cn1ccnc1.Cn1cncn1.Cn1cnnn1.[C-]#[N+]c1ncn(C)c1[N+]#[C-].[Cl-]. The summed E-state index contributed by atoms with van der Waals surface area (Å²) >= 11 is 0. The number of halogens is 5. The molecule has 6 aromatic heterocycles. The number of carbonyl (C=O) groups excluding carboxylic acids is 1. The average Bonchev–Trinajstić information content (AvgIpc) is 4.13. The summed E-state index contributed by atoms with van der Waals surface area (Å²) in [6.07, 6.45) is 21.0. The van der Waals surface area contributed by atoms with Crippen molar-refractivity contribution in [3.63, 3.8) is 0 Å². The van der Waals surface area contributed by atoms with Crippen molar-refractivity contribution in [2.45, 2.75) is 19.4 Å². The summed E-state index contributed by atoms with van der Waals surface area (Å²) in [4.78, 5) is 53.2. The van der Waals surface area contributed by atoms with E-state index in [1.165, 1.54) is 35.2 Å². The number of carboxylic acid groups (broad SMARTS) is 2. The maximum atomic E-state index is 12.9. The number of carboxylic acids is 2. The zero-order valence-electron chi connectivity index (χ0n) is 36.7. The van der Waals surface area contributed by atoms with Gasteiger partial charge < -0.3 is 51.5 Å². The van der Waals surface area contributed by atoms with E-state index in [-0.39, 0.29) is 30.6 Å². The van der Waals surface area contributed by atoms with E-state index in [2.05, 4.69) is 60.3 Å². The maximum Gasteiger partial charge on any atom is 0.341 e. The molecule has 0 aliphatic rings. The van der Waals surface area contributed by atoms with Gasteiger partial charge in [-0.15, -0.1) is 5.10 Å². The largest absolute Gasteiger partial charge is 1.00 e. The van der Waals surface area contributed by atoms with Gasteiger partial charge in [0.05, 0.1) is 46.6 Å². The Labute approximate surface area is 380 Å². The number of nitrogens with one attached hydrogen (secondary N) is 1. The normalized spacial score (nSPS) is 9.74. The van der Waals surface area contributed by atoms with E-state index in [4.69, 9.17) is 23.4 Å². The third kappa shape index (κ3) is 20.6. The number of rotatable bonds is 6. The number of aromatic carboxylic acids is 1. The lowest BCUT2D eigenvalue weighted by Crippen LogP contribution is -3.00. The molecule has 0 saturated heterocycles. The highest BCUT2D eigenvalue weighted by Gasteiger charge is 2.29. The van der Waals surface area contributed by atoms with Gasteiger partial charge in [0.1, 0.15) is 43.0 Å². The van der Waals surface area contributed by atoms with Crippen molar-refractivity contribution < 1.29 is 63.9 Å². The third-order valence-electron chi connectivity index (χ3n) is 7.11. The van der Waals surface area contributed by atoms with Crippen LogP contribution in [0.15, 0.2) is 75.3 Å². The van der Waals surface area contributed by atoms with Crippen molar-refractivity contribution in [3.05, 3.63) is 133 Å². The number of methoxy groups -OCH3 is 1. The highest BCUT2D eigenvalue weighted by molar-refractivity contribution is 5.88. The molecule has 1 amide bonds. The van der Waals surface area contributed by atoms with E-state index in [1.54, 1.807) is 61.8 Å². The molecule has 7 aromatic rings. The maximum absolute atomic E-state index is 12.9. The number of imidazole rings is 4. The Hall–Kier alpha value is -8.53. The monoisotopic (exact) mass is 948 g/mol. The Morgan fingerprint density at radius 3 is 1.77 bits per heavy atom. The fourth-order valence-electron chi connectivity index (χ4n) is 4.20. The van der Waals surface area contributed by atoms with Gasteiger partial charge in [-0.3, -0.25) is 14.0 Å². The second-order valence-corrected chi connectivity index (χ2v) is 12.5. The van der Waals surface area contributed by atoms with Crippen molar-refractivity contribution in [2.24, 2.45) is 49.3 Å². The van der Waals surface area contributed by atoms with Crippen LogP contribution >= 0.6 is 0 Å². The molecule has 0 fully saturated rings. The van der Waals surface area contributed by atoms with Crippen LogP contribution in [0.4, 0.5) is 29.2 Å². The number of carbonyl (C=O) groups is 3. The van der Waals surface area contributed by atoms with Gasteiger partial charge in [-0.2, -0.15) is 13.9 Å². The molecule has 3 N–H and O–H groups in total. The molecule has 6 heterocycles. The fourth-order valence-corrected chi connectivity index (χ4v) is 4.20. The Kier molecular flexibility index (Phi) is 25.9. The van der Waals surface area contributed by atoms with Crippen LogP contribution in [0.5, 0.6) is 5.75 Å². The first kappa shape index (κ1) is 57.5. The minimum atomic E-state index is -2.11. The zero-order valence-corrected chi connectivity index (χ0v) is 37.5. The Balaban J connectivity index is 0.000000771. The molecule has 0 aliphatic carbocycles. The van der Waals surface area contributed by atoms with Gasteiger partial charge in [0.25, 0.3) is 18.0 Å². The van der Waals surface area contributed by atoms with Crippen molar-refractivity contribution in [1.29, 1.82) is 0 Å². The molecule has 24 nitrogen and oxygen atoms in total. The summed E-state index contributed by atoms with van der Waals surface area (Å²) in [5.41, 5.74) is -1.05. The summed E-state index contributed by atoms with van der Waals surface area (Å²) in [5.74, 6) is -12.1. The van der Waals surface area contributed by atoms with Gasteiger partial charge in [-0.1, -0.05) is 18.1 Å². The Morgan fingerprint density at radius 1 is 0.848 bits per heavy atom. The molecule has 0 saturated carbocycles. The van der Waals surface area contributed by atoms with Crippen LogP contribution in [0.1, 0.15) is 23.0 Å². The molecule has 1 aromatic carbocycles. The molecule has 0 aliphatic heterocycles. The van der Waals surface area contributed by atoms with Crippen LogP contribution in [0.3, 0.4) is 0 Å². The summed E-state index contributed by atoms with van der Waals surface area (Å²) in [6, 6.07) is -0.919. The number of aromatic nitrogens is 15. The predicted molar refractivity (Wildman–Crippen MR) is 217 cm³/mol.